The Kier molecular flexibility index (Phi) is 6.74. The Bertz CT molecular complexity index is 619. The van der Waals surface area contributed by atoms with Crippen molar-refractivity contribution in [1.29, 1.82) is 0 Å². The number of rotatable bonds is 8. The summed E-state index contributed by atoms with van der Waals surface area (Å²) < 4.78 is 0. The molecule has 1 aromatic carbocycles. The van der Waals surface area contributed by atoms with Gasteiger partial charge in [-0.1, -0.05) is 38.1 Å². The first kappa shape index (κ1) is 17.6. The molecular formula is C18H25N3OS. The molecule has 0 saturated carbocycles. The van der Waals surface area contributed by atoms with Gasteiger partial charge in [0, 0.05) is 18.3 Å². The number of nitrogens with zero attached hydrogens (tertiary/aromatic N) is 1. The molecule has 2 rings (SSSR count). The molecule has 0 unspecified atom stereocenters. The van der Waals surface area contributed by atoms with Gasteiger partial charge in [-0.05, 0) is 36.4 Å². The lowest BCUT2D eigenvalue weighted by Crippen LogP contribution is -2.25. The Balaban J connectivity index is 1.72. The van der Waals surface area contributed by atoms with Crippen LogP contribution in [0.5, 0.6) is 0 Å². The fourth-order valence-corrected chi connectivity index (χ4v) is 3.10. The minimum atomic E-state index is -0.0975. The second-order valence-electron chi connectivity index (χ2n) is 5.92. The van der Waals surface area contributed by atoms with Gasteiger partial charge < -0.3 is 11.1 Å². The van der Waals surface area contributed by atoms with Gasteiger partial charge in [0.15, 0.2) is 0 Å². The van der Waals surface area contributed by atoms with Crippen LogP contribution in [0.25, 0.3) is 0 Å². The summed E-state index contributed by atoms with van der Waals surface area (Å²) in [6.45, 7) is 5.61. The van der Waals surface area contributed by atoms with E-state index >= 15 is 0 Å². The maximum atomic E-state index is 12.0. The van der Waals surface area contributed by atoms with E-state index in [4.69, 9.17) is 5.73 Å². The van der Waals surface area contributed by atoms with E-state index in [2.05, 4.69) is 48.4 Å². The van der Waals surface area contributed by atoms with Crippen molar-refractivity contribution >= 4 is 17.2 Å². The van der Waals surface area contributed by atoms with Crippen molar-refractivity contribution in [2.24, 2.45) is 5.73 Å². The number of aryl methyl sites for hydroxylation is 1. The van der Waals surface area contributed by atoms with Gasteiger partial charge in [0.25, 0.3) is 5.91 Å². The van der Waals surface area contributed by atoms with Crippen LogP contribution in [0.4, 0.5) is 0 Å². The topological polar surface area (TPSA) is 68.0 Å². The van der Waals surface area contributed by atoms with Crippen molar-refractivity contribution < 1.29 is 4.79 Å². The van der Waals surface area contributed by atoms with E-state index in [1.54, 1.807) is 5.38 Å². The van der Waals surface area contributed by atoms with Gasteiger partial charge in [-0.2, -0.15) is 0 Å². The number of hydrogen-bond donors (Lipinski definition) is 2. The van der Waals surface area contributed by atoms with E-state index in [0.717, 1.165) is 24.3 Å². The number of nitrogens with two attached hydrogens (primary N) is 1. The minimum Gasteiger partial charge on any atom is -0.351 e. The second kappa shape index (κ2) is 8.79. The third-order valence-corrected chi connectivity index (χ3v) is 4.63. The maximum absolute atomic E-state index is 12.0. The van der Waals surface area contributed by atoms with Gasteiger partial charge in [-0.25, -0.2) is 4.98 Å². The summed E-state index contributed by atoms with van der Waals surface area (Å²) in [6, 6.07) is 8.73. The molecule has 4 nitrogen and oxygen atoms in total. The van der Waals surface area contributed by atoms with Gasteiger partial charge in [-0.15, -0.1) is 11.3 Å². The maximum Gasteiger partial charge on any atom is 0.270 e. The first-order chi connectivity index (χ1) is 11.1. The highest BCUT2D eigenvalue weighted by atomic mass is 32.1. The molecule has 1 heterocycles. The molecule has 124 valence electrons. The summed E-state index contributed by atoms with van der Waals surface area (Å²) >= 11 is 1.49. The normalized spacial score (nSPS) is 11.0. The molecule has 0 atom stereocenters. The number of benzene rings is 1. The molecule has 5 heteroatoms. The summed E-state index contributed by atoms with van der Waals surface area (Å²) in [6.07, 6.45) is 2.62. The molecule has 1 aromatic heterocycles. The van der Waals surface area contributed by atoms with Crippen LogP contribution in [0, 0.1) is 0 Å². The number of thiazole rings is 1. The van der Waals surface area contributed by atoms with Crippen LogP contribution in [0.2, 0.25) is 0 Å². The SMILES string of the molecule is CC(C)c1ccc(CCCNC(=O)c2csc(CCN)n2)cc1. The van der Waals surface area contributed by atoms with Crippen LogP contribution in [0.15, 0.2) is 29.6 Å². The molecule has 23 heavy (non-hydrogen) atoms. The molecule has 0 radical (unpaired) electrons. The Morgan fingerprint density at radius 2 is 2.00 bits per heavy atom. The third kappa shape index (κ3) is 5.44. The van der Waals surface area contributed by atoms with Crippen molar-refractivity contribution in [1.82, 2.24) is 10.3 Å². The molecule has 0 spiro atoms. The average molecular weight is 331 g/mol. The number of carbonyl (C=O) groups is 1. The Hall–Kier alpha value is -1.72. The lowest BCUT2D eigenvalue weighted by molar-refractivity contribution is 0.0949. The van der Waals surface area contributed by atoms with Crippen molar-refractivity contribution in [3.63, 3.8) is 0 Å². The largest absolute Gasteiger partial charge is 0.351 e. The molecule has 0 bridgehead atoms. The van der Waals surface area contributed by atoms with Crippen molar-refractivity contribution in [3.8, 4) is 0 Å². The molecule has 3 N–H and O–H groups in total. The fraction of sp³-hybridized carbons (Fsp3) is 0.444. The fourth-order valence-electron chi connectivity index (χ4n) is 2.31. The monoisotopic (exact) mass is 331 g/mol. The van der Waals surface area contributed by atoms with Crippen LogP contribution in [-0.4, -0.2) is 24.0 Å². The predicted molar refractivity (Wildman–Crippen MR) is 96.1 cm³/mol. The zero-order valence-corrected chi connectivity index (χ0v) is 14.7. The highest BCUT2D eigenvalue weighted by molar-refractivity contribution is 7.09. The molecule has 0 fully saturated rings. The lowest BCUT2D eigenvalue weighted by atomic mass is 10.0. The highest BCUT2D eigenvalue weighted by Gasteiger charge is 2.09. The minimum absolute atomic E-state index is 0.0975. The number of hydrogen-bond acceptors (Lipinski definition) is 4. The number of aromatic nitrogens is 1. The van der Waals surface area contributed by atoms with E-state index < -0.39 is 0 Å². The Labute approximate surface area is 142 Å². The van der Waals surface area contributed by atoms with E-state index in [9.17, 15) is 4.79 Å². The second-order valence-corrected chi connectivity index (χ2v) is 6.86. The van der Waals surface area contributed by atoms with E-state index in [-0.39, 0.29) is 5.91 Å². The molecule has 2 aromatic rings. The molecule has 0 aliphatic heterocycles. The first-order valence-electron chi connectivity index (χ1n) is 8.11. The highest BCUT2D eigenvalue weighted by Crippen LogP contribution is 2.15. The summed E-state index contributed by atoms with van der Waals surface area (Å²) in [5.41, 5.74) is 8.66. The third-order valence-electron chi connectivity index (χ3n) is 3.72. The van der Waals surface area contributed by atoms with Crippen LogP contribution in [0.1, 0.15) is 52.8 Å². The molecule has 0 aliphatic carbocycles. The molecule has 1 amide bonds. The zero-order valence-electron chi connectivity index (χ0n) is 13.8. The standard InChI is InChI=1S/C18H25N3OS/c1-13(2)15-7-5-14(6-8-15)4-3-11-20-18(22)16-12-23-17(21-16)9-10-19/h5-8,12-13H,3-4,9-11,19H2,1-2H3,(H,20,22). The summed E-state index contributed by atoms with van der Waals surface area (Å²) in [7, 11) is 0. The van der Waals surface area contributed by atoms with Gasteiger partial charge in [-0.3, -0.25) is 4.79 Å². The van der Waals surface area contributed by atoms with Crippen molar-refractivity contribution in [2.45, 2.75) is 39.0 Å². The van der Waals surface area contributed by atoms with Crippen molar-refractivity contribution in [2.75, 3.05) is 13.1 Å². The van der Waals surface area contributed by atoms with Crippen LogP contribution >= 0.6 is 11.3 Å². The zero-order chi connectivity index (χ0) is 16.7. The van der Waals surface area contributed by atoms with Gasteiger partial charge >= 0.3 is 0 Å². The summed E-state index contributed by atoms with van der Waals surface area (Å²) in [5.74, 6) is 0.463. The summed E-state index contributed by atoms with van der Waals surface area (Å²) in [5, 5.41) is 5.64. The molecule has 0 aliphatic rings. The van der Waals surface area contributed by atoms with Gasteiger partial charge in [0.2, 0.25) is 0 Å². The Morgan fingerprint density at radius 1 is 1.26 bits per heavy atom. The molecule has 0 saturated heterocycles. The van der Waals surface area contributed by atoms with Crippen LogP contribution in [0.3, 0.4) is 0 Å². The molecular weight excluding hydrogens is 306 g/mol. The summed E-state index contributed by atoms with van der Waals surface area (Å²) in [4.78, 5) is 16.3. The smallest absolute Gasteiger partial charge is 0.270 e. The number of amides is 1. The van der Waals surface area contributed by atoms with Crippen LogP contribution in [-0.2, 0) is 12.8 Å². The van der Waals surface area contributed by atoms with Crippen LogP contribution < -0.4 is 11.1 Å². The number of carbonyl (C=O) groups excluding carboxylic acids is 1. The first-order valence-corrected chi connectivity index (χ1v) is 8.99. The van der Waals surface area contributed by atoms with E-state index in [1.807, 2.05) is 0 Å². The quantitative estimate of drug-likeness (QED) is 0.730. The lowest BCUT2D eigenvalue weighted by Gasteiger charge is -2.07. The average Bonchev–Trinajstić information content (AvgIpc) is 3.01. The van der Waals surface area contributed by atoms with Crippen molar-refractivity contribution in [3.05, 3.63) is 51.5 Å². The van der Waals surface area contributed by atoms with Gasteiger partial charge in [0.1, 0.15) is 5.69 Å². The Morgan fingerprint density at radius 3 is 2.65 bits per heavy atom. The van der Waals surface area contributed by atoms with Gasteiger partial charge in [0.05, 0.1) is 5.01 Å². The van der Waals surface area contributed by atoms with E-state index in [0.29, 0.717) is 24.7 Å². The number of nitrogens with one attached hydrogen (secondary N) is 1. The van der Waals surface area contributed by atoms with E-state index in [1.165, 1.54) is 22.5 Å². The predicted octanol–water partition coefficient (Wildman–Crippen LogP) is 3.13.